The molecule has 0 spiro atoms. The number of piperazine rings is 1. The third-order valence-electron chi connectivity index (χ3n) is 4.95. The van der Waals surface area contributed by atoms with Gasteiger partial charge in [-0.1, -0.05) is 30.3 Å². The van der Waals surface area contributed by atoms with E-state index in [0.29, 0.717) is 13.1 Å². The Morgan fingerprint density at radius 2 is 1.69 bits per heavy atom. The van der Waals surface area contributed by atoms with E-state index in [1.165, 1.54) is 0 Å². The number of urea groups is 1. The number of aromatic nitrogens is 2. The van der Waals surface area contributed by atoms with Crippen molar-refractivity contribution < 1.29 is 9.53 Å². The number of ether oxygens (including phenoxy) is 1. The van der Waals surface area contributed by atoms with Crippen molar-refractivity contribution in [3.8, 4) is 17.0 Å². The molecule has 0 unspecified atom stereocenters. The largest absolute Gasteiger partial charge is 0.497 e. The fourth-order valence-corrected chi connectivity index (χ4v) is 3.30. The van der Waals surface area contributed by atoms with Crippen LogP contribution in [0.1, 0.15) is 0 Å². The summed E-state index contributed by atoms with van der Waals surface area (Å²) in [4.78, 5) is 25.4. The first-order chi connectivity index (χ1) is 14.2. The zero-order chi connectivity index (χ0) is 20.1. The first-order valence-corrected chi connectivity index (χ1v) is 9.55. The highest BCUT2D eigenvalue weighted by molar-refractivity contribution is 5.89. The number of hydrogen-bond acceptors (Lipinski definition) is 5. The lowest BCUT2D eigenvalue weighted by Crippen LogP contribution is -2.50. The van der Waals surface area contributed by atoms with Gasteiger partial charge in [0.05, 0.1) is 12.8 Å². The van der Waals surface area contributed by atoms with Crippen molar-refractivity contribution >= 4 is 17.5 Å². The van der Waals surface area contributed by atoms with Crippen molar-refractivity contribution in [2.45, 2.75) is 0 Å². The Bertz CT molecular complexity index is 954. The molecule has 0 aliphatic carbocycles. The highest BCUT2D eigenvalue weighted by atomic mass is 16.5. The smallest absolute Gasteiger partial charge is 0.321 e. The molecule has 0 radical (unpaired) electrons. The molecule has 0 bridgehead atoms. The maximum atomic E-state index is 12.5. The van der Waals surface area contributed by atoms with Crippen LogP contribution >= 0.6 is 0 Å². The number of nitrogens with zero attached hydrogens (tertiary/aromatic N) is 4. The van der Waals surface area contributed by atoms with Gasteiger partial charge in [0.15, 0.2) is 0 Å². The lowest BCUT2D eigenvalue weighted by Gasteiger charge is -2.35. The summed E-state index contributed by atoms with van der Waals surface area (Å²) in [5.74, 6) is 1.64. The van der Waals surface area contributed by atoms with Crippen molar-refractivity contribution in [3.05, 3.63) is 67.0 Å². The van der Waals surface area contributed by atoms with Gasteiger partial charge >= 0.3 is 6.03 Å². The number of hydrogen-bond donors (Lipinski definition) is 1. The van der Waals surface area contributed by atoms with Gasteiger partial charge in [-0.15, -0.1) is 0 Å². The number of methoxy groups -OCH3 is 1. The number of benzene rings is 2. The molecular weight excluding hydrogens is 366 g/mol. The van der Waals surface area contributed by atoms with Gasteiger partial charge in [0.1, 0.15) is 17.9 Å². The van der Waals surface area contributed by atoms with Crippen LogP contribution in [0.25, 0.3) is 11.3 Å². The standard InChI is InChI=1S/C22H23N5O2/c1-29-19-9-7-18(8-10-19)25-22(28)27-13-11-26(12-14-27)21-15-20(23-16-24-21)17-5-3-2-4-6-17/h2-10,15-16H,11-14H2,1H3,(H,25,28). The van der Waals surface area contributed by atoms with Gasteiger partial charge in [-0.05, 0) is 24.3 Å². The monoisotopic (exact) mass is 389 g/mol. The number of rotatable bonds is 4. The molecule has 0 atom stereocenters. The van der Waals surface area contributed by atoms with Crippen LogP contribution in [0.2, 0.25) is 0 Å². The molecule has 29 heavy (non-hydrogen) atoms. The summed E-state index contributed by atoms with van der Waals surface area (Å²) >= 11 is 0. The molecule has 1 fully saturated rings. The average Bonchev–Trinajstić information content (AvgIpc) is 2.80. The Kier molecular flexibility index (Phi) is 5.56. The van der Waals surface area contributed by atoms with Crippen LogP contribution in [0.15, 0.2) is 67.0 Å². The predicted octanol–water partition coefficient (Wildman–Crippen LogP) is 3.51. The molecule has 0 saturated carbocycles. The molecule has 4 rings (SSSR count). The van der Waals surface area contributed by atoms with Crippen LogP contribution in [0.5, 0.6) is 5.75 Å². The fraction of sp³-hybridized carbons (Fsp3) is 0.227. The fourth-order valence-electron chi connectivity index (χ4n) is 3.30. The highest BCUT2D eigenvalue weighted by Crippen LogP contribution is 2.22. The van der Waals surface area contributed by atoms with Crippen LogP contribution in [-0.4, -0.2) is 54.2 Å². The highest BCUT2D eigenvalue weighted by Gasteiger charge is 2.22. The summed E-state index contributed by atoms with van der Waals surface area (Å²) in [5.41, 5.74) is 2.71. The van der Waals surface area contributed by atoms with Gasteiger partial charge in [0.2, 0.25) is 0 Å². The molecule has 1 aliphatic rings. The van der Waals surface area contributed by atoms with Crippen LogP contribution in [0.4, 0.5) is 16.3 Å². The van der Waals surface area contributed by atoms with Crippen molar-refractivity contribution in [1.29, 1.82) is 0 Å². The molecule has 2 aromatic carbocycles. The summed E-state index contributed by atoms with van der Waals surface area (Å²) in [7, 11) is 1.62. The molecule has 1 aromatic heterocycles. The summed E-state index contributed by atoms with van der Waals surface area (Å²) in [6.45, 7) is 2.71. The Morgan fingerprint density at radius 3 is 2.38 bits per heavy atom. The minimum Gasteiger partial charge on any atom is -0.497 e. The molecule has 1 aliphatic heterocycles. The Morgan fingerprint density at radius 1 is 0.966 bits per heavy atom. The normalized spacial score (nSPS) is 13.8. The van der Waals surface area contributed by atoms with Crippen LogP contribution in [0.3, 0.4) is 0 Å². The average molecular weight is 389 g/mol. The zero-order valence-corrected chi connectivity index (χ0v) is 16.3. The van der Waals surface area contributed by atoms with E-state index in [9.17, 15) is 4.79 Å². The maximum absolute atomic E-state index is 12.5. The second kappa shape index (κ2) is 8.60. The van der Waals surface area contributed by atoms with Crippen LogP contribution in [-0.2, 0) is 0 Å². The van der Waals surface area contributed by atoms with E-state index in [1.54, 1.807) is 13.4 Å². The zero-order valence-electron chi connectivity index (χ0n) is 16.3. The second-order valence-electron chi connectivity index (χ2n) is 6.76. The molecule has 148 valence electrons. The maximum Gasteiger partial charge on any atom is 0.321 e. The van der Waals surface area contributed by atoms with E-state index in [1.807, 2.05) is 65.6 Å². The number of amides is 2. The molecule has 2 amide bonds. The number of nitrogens with one attached hydrogen (secondary N) is 1. The van der Waals surface area contributed by atoms with Gasteiger partial charge < -0.3 is 19.9 Å². The molecule has 7 heteroatoms. The molecular formula is C22H23N5O2. The van der Waals surface area contributed by atoms with Crippen molar-refractivity contribution in [2.24, 2.45) is 0 Å². The third-order valence-corrected chi connectivity index (χ3v) is 4.95. The first kappa shape index (κ1) is 18.7. The van der Waals surface area contributed by atoms with Gasteiger partial charge in [-0.25, -0.2) is 14.8 Å². The Balaban J connectivity index is 1.36. The van der Waals surface area contributed by atoms with Crippen LogP contribution in [0, 0.1) is 0 Å². The van der Waals surface area contributed by atoms with Crippen LogP contribution < -0.4 is 15.0 Å². The van der Waals surface area contributed by atoms with E-state index in [4.69, 9.17) is 4.74 Å². The van der Waals surface area contributed by atoms with E-state index in [2.05, 4.69) is 20.2 Å². The topological polar surface area (TPSA) is 70.6 Å². The number of carbonyl (C=O) groups excluding carboxylic acids is 1. The van der Waals surface area contributed by atoms with Gasteiger partial charge in [0, 0.05) is 43.5 Å². The summed E-state index contributed by atoms with van der Waals surface area (Å²) in [6, 6.07) is 19.3. The number of anilines is 2. The summed E-state index contributed by atoms with van der Waals surface area (Å²) in [6.07, 6.45) is 1.60. The lowest BCUT2D eigenvalue weighted by atomic mass is 10.1. The van der Waals surface area contributed by atoms with Crippen molar-refractivity contribution in [3.63, 3.8) is 0 Å². The molecule has 1 N–H and O–H groups in total. The predicted molar refractivity (Wildman–Crippen MR) is 113 cm³/mol. The minimum absolute atomic E-state index is 0.0949. The van der Waals surface area contributed by atoms with E-state index >= 15 is 0 Å². The first-order valence-electron chi connectivity index (χ1n) is 9.55. The number of carbonyl (C=O) groups is 1. The summed E-state index contributed by atoms with van der Waals surface area (Å²) in [5, 5.41) is 2.94. The van der Waals surface area contributed by atoms with E-state index in [-0.39, 0.29) is 6.03 Å². The van der Waals surface area contributed by atoms with Gasteiger partial charge in [0.25, 0.3) is 0 Å². The van der Waals surface area contributed by atoms with Gasteiger partial charge in [-0.2, -0.15) is 0 Å². The quantitative estimate of drug-likeness (QED) is 0.739. The summed E-state index contributed by atoms with van der Waals surface area (Å²) < 4.78 is 5.14. The van der Waals surface area contributed by atoms with Crippen molar-refractivity contribution in [2.75, 3.05) is 43.5 Å². The SMILES string of the molecule is COc1ccc(NC(=O)N2CCN(c3cc(-c4ccccc4)ncn3)CC2)cc1. The lowest BCUT2D eigenvalue weighted by molar-refractivity contribution is 0.208. The van der Waals surface area contributed by atoms with E-state index in [0.717, 1.165) is 41.6 Å². The Hall–Kier alpha value is -3.61. The third kappa shape index (κ3) is 4.45. The Labute approximate surface area is 170 Å². The molecule has 3 aromatic rings. The second-order valence-corrected chi connectivity index (χ2v) is 6.76. The molecule has 2 heterocycles. The van der Waals surface area contributed by atoms with Crippen molar-refractivity contribution in [1.82, 2.24) is 14.9 Å². The van der Waals surface area contributed by atoms with E-state index < -0.39 is 0 Å². The minimum atomic E-state index is -0.0949. The van der Waals surface area contributed by atoms with Gasteiger partial charge in [-0.3, -0.25) is 0 Å². The molecule has 1 saturated heterocycles. The molecule has 7 nitrogen and oxygen atoms in total.